The van der Waals surface area contributed by atoms with E-state index < -0.39 is 5.41 Å². The second-order valence-electron chi connectivity index (χ2n) is 17.5. The maximum atomic E-state index is 13.4. The third-order valence-corrected chi connectivity index (χ3v) is 14.2. The number of aromatic nitrogens is 1. The van der Waals surface area contributed by atoms with Gasteiger partial charge in [-0.25, -0.2) is 0 Å². The van der Waals surface area contributed by atoms with Gasteiger partial charge in [-0.2, -0.15) is 0 Å². The second kappa shape index (κ2) is 13.9. The molecule has 14 rings (SSSR count). The Kier molecular flexibility index (Phi) is 7.72. The van der Waals surface area contributed by atoms with Gasteiger partial charge in [0.15, 0.2) is 0 Å². The van der Waals surface area contributed by atoms with Crippen molar-refractivity contribution in [3.05, 3.63) is 263 Å². The minimum atomic E-state index is -0.541. The van der Waals surface area contributed by atoms with E-state index in [2.05, 4.69) is 198 Å². The van der Waals surface area contributed by atoms with Crippen LogP contribution in [-0.4, -0.2) is 4.57 Å². The molecule has 4 heteroatoms. The molecule has 1 spiro atoms. The summed E-state index contributed by atoms with van der Waals surface area (Å²) in [5, 5.41) is 3.62. The SMILES string of the molecule is O=c1c2ccccc2oc2cc(-c3ccc(N4c5ccccc5C5(c6ccccc6-c6ccccc65)c5ccc(-c6ccc7c(c6)c6ccccc6n7-c6ccccc6)cc54)cc3)ccc12. The van der Waals surface area contributed by atoms with Crippen molar-refractivity contribution in [3.63, 3.8) is 0 Å². The van der Waals surface area contributed by atoms with Crippen LogP contribution in [0.25, 0.3) is 82.8 Å². The van der Waals surface area contributed by atoms with Gasteiger partial charge >= 0.3 is 0 Å². The minimum absolute atomic E-state index is 0.0142. The summed E-state index contributed by atoms with van der Waals surface area (Å²) >= 11 is 0. The van der Waals surface area contributed by atoms with Gasteiger partial charge in [0.2, 0.25) is 5.43 Å². The Morgan fingerprint density at radius 1 is 0.348 bits per heavy atom. The van der Waals surface area contributed by atoms with Crippen molar-refractivity contribution in [2.24, 2.45) is 0 Å². The van der Waals surface area contributed by atoms with E-state index in [0.29, 0.717) is 21.9 Å². The molecule has 2 aliphatic rings. The van der Waals surface area contributed by atoms with Crippen LogP contribution in [0.5, 0.6) is 0 Å². The number of nitrogens with zero attached hydrogens (tertiary/aromatic N) is 2. The molecular formula is C62H38N2O2. The lowest BCUT2D eigenvalue weighted by atomic mass is 9.64. The van der Waals surface area contributed by atoms with Crippen molar-refractivity contribution in [2.45, 2.75) is 5.41 Å². The fourth-order valence-electron chi connectivity index (χ4n) is 11.4. The molecule has 0 atom stereocenters. The van der Waals surface area contributed by atoms with Gasteiger partial charge in [0.25, 0.3) is 0 Å². The van der Waals surface area contributed by atoms with Crippen LogP contribution >= 0.6 is 0 Å². The summed E-state index contributed by atoms with van der Waals surface area (Å²) in [4.78, 5) is 15.9. The summed E-state index contributed by atoms with van der Waals surface area (Å²) in [6, 6.07) is 82.5. The number of para-hydroxylation sites is 4. The Bertz CT molecular complexity index is 3980. The van der Waals surface area contributed by atoms with E-state index in [4.69, 9.17) is 4.42 Å². The Morgan fingerprint density at radius 3 is 1.71 bits per heavy atom. The van der Waals surface area contributed by atoms with Crippen LogP contribution in [0, 0.1) is 0 Å². The van der Waals surface area contributed by atoms with Gasteiger partial charge in [-0.15, -0.1) is 0 Å². The van der Waals surface area contributed by atoms with Gasteiger partial charge < -0.3 is 13.9 Å². The average molecular weight is 843 g/mol. The molecule has 0 saturated heterocycles. The molecule has 4 nitrogen and oxygen atoms in total. The number of fused-ring (bicyclic) bond motifs is 14. The predicted octanol–water partition coefficient (Wildman–Crippen LogP) is 15.5. The van der Waals surface area contributed by atoms with E-state index in [0.717, 1.165) is 45.0 Å². The highest BCUT2D eigenvalue weighted by atomic mass is 16.3. The highest BCUT2D eigenvalue weighted by molar-refractivity contribution is 6.10. The fourth-order valence-corrected chi connectivity index (χ4v) is 11.4. The zero-order chi connectivity index (χ0) is 43.5. The zero-order valence-electron chi connectivity index (χ0n) is 35.7. The first-order valence-electron chi connectivity index (χ1n) is 22.5. The molecular weight excluding hydrogens is 805 g/mol. The summed E-state index contributed by atoms with van der Waals surface area (Å²) in [6.07, 6.45) is 0. The molecule has 3 heterocycles. The third-order valence-electron chi connectivity index (χ3n) is 14.2. The van der Waals surface area contributed by atoms with Crippen molar-refractivity contribution in [1.29, 1.82) is 0 Å². The maximum absolute atomic E-state index is 13.4. The molecule has 0 saturated carbocycles. The molecule has 12 aromatic rings. The molecule has 1 aliphatic heterocycles. The van der Waals surface area contributed by atoms with Gasteiger partial charge in [-0.3, -0.25) is 4.79 Å². The van der Waals surface area contributed by atoms with Crippen molar-refractivity contribution < 1.29 is 4.42 Å². The molecule has 0 bridgehead atoms. The maximum Gasteiger partial charge on any atom is 0.200 e. The number of hydrogen-bond donors (Lipinski definition) is 0. The highest BCUT2D eigenvalue weighted by Gasteiger charge is 2.51. The van der Waals surface area contributed by atoms with E-state index >= 15 is 0 Å². The average Bonchev–Trinajstić information content (AvgIpc) is 3.87. The van der Waals surface area contributed by atoms with Gasteiger partial charge in [0.05, 0.1) is 38.6 Å². The molecule has 2 aromatic heterocycles. The van der Waals surface area contributed by atoms with E-state index in [1.807, 2.05) is 42.5 Å². The summed E-state index contributed by atoms with van der Waals surface area (Å²) < 4.78 is 8.66. The molecule has 66 heavy (non-hydrogen) atoms. The number of hydrogen-bond acceptors (Lipinski definition) is 3. The van der Waals surface area contributed by atoms with E-state index in [1.54, 1.807) is 0 Å². The Morgan fingerprint density at radius 2 is 0.909 bits per heavy atom. The lowest BCUT2D eigenvalue weighted by molar-refractivity contribution is 0.660. The highest BCUT2D eigenvalue weighted by Crippen LogP contribution is 2.63. The van der Waals surface area contributed by atoms with Crippen LogP contribution < -0.4 is 10.3 Å². The van der Waals surface area contributed by atoms with Crippen LogP contribution in [-0.2, 0) is 5.41 Å². The first kappa shape index (κ1) is 36.7. The smallest absolute Gasteiger partial charge is 0.200 e. The van der Waals surface area contributed by atoms with Gasteiger partial charge in [-0.1, -0.05) is 152 Å². The fraction of sp³-hybridized carbons (Fsp3) is 0.0161. The lowest BCUT2D eigenvalue weighted by Gasteiger charge is -2.45. The Labute approximate surface area is 380 Å². The van der Waals surface area contributed by atoms with E-state index in [9.17, 15) is 4.79 Å². The molecule has 0 fully saturated rings. The molecule has 1 aliphatic carbocycles. The van der Waals surface area contributed by atoms with E-state index in [-0.39, 0.29) is 5.43 Å². The third kappa shape index (κ3) is 5.07. The summed E-state index contributed by atoms with van der Waals surface area (Å²) in [6.45, 7) is 0. The van der Waals surface area contributed by atoms with Crippen LogP contribution in [0.3, 0.4) is 0 Å². The monoisotopic (exact) mass is 842 g/mol. The normalized spacial score (nSPS) is 13.3. The van der Waals surface area contributed by atoms with Crippen LogP contribution in [0.2, 0.25) is 0 Å². The van der Waals surface area contributed by atoms with Crippen LogP contribution in [0.1, 0.15) is 22.3 Å². The van der Waals surface area contributed by atoms with Crippen molar-refractivity contribution in [3.8, 4) is 39.1 Å². The van der Waals surface area contributed by atoms with Gasteiger partial charge in [-0.05, 0) is 134 Å². The van der Waals surface area contributed by atoms with Gasteiger partial charge in [0.1, 0.15) is 11.2 Å². The van der Waals surface area contributed by atoms with Crippen molar-refractivity contribution in [1.82, 2.24) is 4.57 Å². The molecule has 308 valence electrons. The summed E-state index contributed by atoms with van der Waals surface area (Å²) in [7, 11) is 0. The largest absolute Gasteiger partial charge is 0.456 e. The first-order valence-corrected chi connectivity index (χ1v) is 22.5. The molecule has 10 aromatic carbocycles. The molecule has 0 amide bonds. The Hall–Kier alpha value is -8.73. The van der Waals surface area contributed by atoms with Crippen molar-refractivity contribution in [2.75, 3.05) is 4.90 Å². The minimum Gasteiger partial charge on any atom is -0.456 e. The number of anilines is 3. The standard InChI is InChI=1S/C62H38N2O2/c65-61-48-19-7-13-25-59(48)66-60-38-42(28-33-49(60)61)39-26-31-44(32-27-39)64-57-24-12-10-22-53(57)62(51-20-8-4-16-45(51)46-17-5-9-21-52(46)62)54-34-29-41(37-58(54)64)40-30-35-56-50(36-40)47-18-6-11-23-55(47)63(56)43-14-2-1-3-15-43/h1-38H. The number of benzene rings is 10. The summed E-state index contributed by atoms with van der Waals surface area (Å²) in [5.74, 6) is 0. The topological polar surface area (TPSA) is 38.4 Å². The molecule has 0 unspecified atom stereocenters. The van der Waals surface area contributed by atoms with Crippen LogP contribution in [0.15, 0.2) is 240 Å². The van der Waals surface area contributed by atoms with Crippen LogP contribution in [0.4, 0.5) is 17.1 Å². The molecule has 0 radical (unpaired) electrons. The molecule has 0 N–H and O–H groups in total. The lowest BCUT2D eigenvalue weighted by Crippen LogP contribution is -2.36. The second-order valence-corrected chi connectivity index (χ2v) is 17.5. The van der Waals surface area contributed by atoms with Crippen molar-refractivity contribution >= 4 is 60.8 Å². The summed E-state index contributed by atoms with van der Waals surface area (Å²) in [5.41, 5.74) is 19.4. The van der Waals surface area contributed by atoms with Gasteiger partial charge in [0, 0.05) is 22.1 Å². The Balaban J connectivity index is 0.974. The van der Waals surface area contributed by atoms with E-state index in [1.165, 1.54) is 55.2 Å². The number of rotatable bonds is 4. The first-order chi connectivity index (χ1) is 32.6. The quantitative estimate of drug-likeness (QED) is 0.166. The zero-order valence-corrected chi connectivity index (χ0v) is 35.7. The predicted molar refractivity (Wildman–Crippen MR) is 271 cm³/mol.